The molecule has 1 amide bonds. The largest absolute Gasteiger partial charge is 0.361 e. The van der Waals surface area contributed by atoms with E-state index in [1.54, 1.807) is 31.3 Å². The Morgan fingerprint density at radius 1 is 1.56 bits per heavy atom. The first kappa shape index (κ1) is 10.4. The lowest BCUT2D eigenvalue weighted by Crippen LogP contribution is -2.22. The lowest BCUT2D eigenvalue weighted by molar-refractivity contribution is 0.0949. The Hall–Kier alpha value is -2.17. The van der Waals surface area contributed by atoms with E-state index in [0.717, 1.165) is 5.76 Å². The maximum Gasteiger partial charge on any atom is 0.253 e. The second kappa shape index (κ2) is 4.57. The molecule has 2 heterocycles. The van der Waals surface area contributed by atoms with Gasteiger partial charge in [-0.05, 0) is 19.1 Å². The number of aryl methyl sites for hydroxylation is 1. The Bertz CT molecular complexity index is 479. The average Bonchev–Trinajstić information content (AvgIpc) is 2.73. The van der Waals surface area contributed by atoms with Gasteiger partial charge >= 0.3 is 0 Å². The minimum Gasteiger partial charge on any atom is -0.361 e. The molecule has 2 aromatic rings. The van der Waals surface area contributed by atoms with E-state index in [9.17, 15) is 4.79 Å². The molecule has 0 aliphatic carbocycles. The first-order valence-electron chi connectivity index (χ1n) is 4.86. The molecule has 0 fully saturated rings. The standard InChI is InChI=1S/C11H11N3O2/c1-8-5-10(14-16-8)7-13-11(15)9-3-2-4-12-6-9/h2-6H,7H2,1H3,(H,13,15). The molecular formula is C11H11N3O2. The van der Waals surface area contributed by atoms with Gasteiger partial charge < -0.3 is 9.84 Å². The van der Waals surface area contributed by atoms with Crippen molar-refractivity contribution in [3.8, 4) is 0 Å². The topological polar surface area (TPSA) is 68.0 Å². The molecule has 16 heavy (non-hydrogen) atoms. The van der Waals surface area contributed by atoms with Crippen molar-refractivity contribution < 1.29 is 9.32 Å². The minimum atomic E-state index is -0.172. The summed E-state index contributed by atoms with van der Waals surface area (Å²) in [6.45, 7) is 2.16. The number of hydrogen-bond acceptors (Lipinski definition) is 4. The van der Waals surface area contributed by atoms with Gasteiger partial charge in [-0.1, -0.05) is 5.16 Å². The van der Waals surface area contributed by atoms with Gasteiger partial charge in [-0.3, -0.25) is 9.78 Å². The van der Waals surface area contributed by atoms with Crippen molar-refractivity contribution in [2.24, 2.45) is 0 Å². The van der Waals surface area contributed by atoms with Crippen LogP contribution < -0.4 is 5.32 Å². The van der Waals surface area contributed by atoms with Crippen molar-refractivity contribution in [2.75, 3.05) is 0 Å². The van der Waals surface area contributed by atoms with Crippen LogP contribution in [0, 0.1) is 6.92 Å². The van der Waals surface area contributed by atoms with Crippen LogP contribution in [-0.2, 0) is 6.54 Å². The van der Waals surface area contributed by atoms with Crippen LogP contribution in [0.4, 0.5) is 0 Å². The summed E-state index contributed by atoms with van der Waals surface area (Å²) in [5, 5.41) is 6.50. The molecule has 0 spiro atoms. The molecular weight excluding hydrogens is 206 g/mol. The highest BCUT2D eigenvalue weighted by Crippen LogP contribution is 2.01. The number of rotatable bonds is 3. The smallest absolute Gasteiger partial charge is 0.253 e. The van der Waals surface area contributed by atoms with E-state index in [4.69, 9.17) is 4.52 Å². The van der Waals surface area contributed by atoms with Gasteiger partial charge in [0.25, 0.3) is 5.91 Å². The highest BCUT2D eigenvalue weighted by Gasteiger charge is 2.06. The minimum absolute atomic E-state index is 0.172. The monoisotopic (exact) mass is 217 g/mol. The third-order valence-corrected chi connectivity index (χ3v) is 2.03. The van der Waals surface area contributed by atoms with E-state index >= 15 is 0 Å². The molecule has 0 unspecified atom stereocenters. The predicted octanol–water partition coefficient (Wildman–Crippen LogP) is 1.31. The van der Waals surface area contributed by atoms with Gasteiger partial charge in [-0.2, -0.15) is 0 Å². The molecule has 5 nitrogen and oxygen atoms in total. The van der Waals surface area contributed by atoms with E-state index in [0.29, 0.717) is 17.8 Å². The van der Waals surface area contributed by atoms with Gasteiger partial charge in [0.15, 0.2) is 0 Å². The molecule has 0 radical (unpaired) electrons. The first-order chi connectivity index (χ1) is 7.75. The maximum atomic E-state index is 11.6. The van der Waals surface area contributed by atoms with Crippen molar-refractivity contribution in [3.63, 3.8) is 0 Å². The molecule has 0 aliphatic heterocycles. The zero-order valence-electron chi connectivity index (χ0n) is 8.80. The quantitative estimate of drug-likeness (QED) is 0.841. The Labute approximate surface area is 92.5 Å². The number of aromatic nitrogens is 2. The van der Waals surface area contributed by atoms with Gasteiger partial charge in [0.2, 0.25) is 0 Å². The van der Waals surface area contributed by atoms with Crippen molar-refractivity contribution in [3.05, 3.63) is 47.6 Å². The van der Waals surface area contributed by atoms with E-state index < -0.39 is 0 Å². The first-order valence-corrected chi connectivity index (χ1v) is 4.86. The second-order valence-corrected chi connectivity index (χ2v) is 3.35. The highest BCUT2D eigenvalue weighted by molar-refractivity contribution is 5.93. The van der Waals surface area contributed by atoms with E-state index in [-0.39, 0.29) is 5.91 Å². The maximum absolute atomic E-state index is 11.6. The molecule has 0 atom stereocenters. The number of pyridine rings is 1. The van der Waals surface area contributed by atoms with Gasteiger partial charge in [-0.25, -0.2) is 0 Å². The normalized spacial score (nSPS) is 10.1. The summed E-state index contributed by atoms with van der Waals surface area (Å²) in [5.74, 6) is 0.555. The molecule has 0 bridgehead atoms. The number of carbonyl (C=O) groups excluding carboxylic acids is 1. The molecule has 82 valence electrons. The van der Waals surface area contributed by atoms with Gasteiger partial charge in [-0.15, -0.1) is 0 Å². The fraction of sp³-hybridized carbons (Fsp3) is 0.182. The molecule has 0 saturated carbocycles. The third kappa shape index (κ3) is 2.44. The Kier molecular flexibility index (Phi) is 2.95. The molecule has 1 N–H and O–H groups in total. The summed E-state index contributed by atoms with van der Waals surface area (Å²) in [5.41, 5.74) is 1.23. The van der Waals surface area contributed by atoms with Crippen molar-refractivity contribution in [2.45, 2.75) is 13.5 Å². The van der Waals surface area contributed by atoms with Crippen LogP contribution in [0.3, 0.4) is 0 Å². The lowest BCUT2D eigenvalue weighted by atomic mass is 10.2. The van der Waals surface area contributed by atoms with Crippen molar-refractivity contribution in [1.29, 1.82) is 0 Å². The molecule has 0 aliphatic rings. The number of nitrogens with one attached hydrogen (secondary N) is 1. The van der Waals surface area contributed by atoms with E-state index in [2.05, 4.69) is 15.5 Å². The van der Waals surface area contributed by atoms with E-state index in [1.165, 1.54) is 6.20 Å². The van der Waals surface area contributed by atoms with Crippen LogP contribution in [-0.4, -0.2) is 16.0 Å². The number of amides is 1. The summed E-state index contributed by atoms with van der Waals surface area (Å²) in [4.78, 5) is 15.5. The predicted molar refractivity (Wildman–Crippen MR) is 56.6 cm³/mol. The fourth-order valence-electron chi connectivity index (χ4n) is 1.27. The van der Waals surface area contributed by atoms with Crippen LogP contribution in [0.2, 0.25) is 0 Å². The summed E-state index contributed by atoms with van der Waals surface area (Å²) in [6.07, 6.45) is 3.14. The SMILES string of the molecule is Cc1cc(CNC(=O)c2cccnc2)no1. The summed E-state index contributed by atoms with van der Waals surface area (Å²) >= 11 is 0. The molecule has 2 aromatic heterocycles. The summed E-state index contributed by atoms with van der Waals surface area (Å²) in [7, 11) is 0. The fourth-order valence-corrected chi connectivity index (χ4v) is 1.27. The number of carbonyl (C=O) groups is 1. The van der Waals surface area contributed by atoms with Crippen molar-refractivity contribution in [1.82, 2.24) is 15.5 Å². The van der Waals surface area contributed by atoms with Gasteiger partial charge in [0.1, 0.15) is 11.5 Å². The lowest BCUT2D eigenvalue weighted by Gasteiger charge is -2.01. The Morgan fingerprint density at radius 2 is 2.44 bits per heavy atom. The van der Waals surface area contributed by atoms with Crippen LogP contribution in [0.1, 0.15) is 21.8 Å². The molecule has 0 saturated heterocycles. The second-order valence-electron chi connectivity index (χ2n) is 3.35. The van der Waals surface area contributed by atoms with E-state index in [1.807, 2.05) is 0 Å². The Morgan fingerprint density at radius 3 is 3.06 bits per heavy atom. The van der Waals surface area contributed by atoms with Crippen LogP contribution in [0.25, 0.3) is 0 Å². The highest BCUT2D eigenvalue weighted by atomic mass is 16.5. The Balaban J connectivity index is 1.94. The molecule has 2 rings (SSSR count). The van der Waals surface area contributed by atoms with Gasteiger partial charge in [0, 0.05) is 18.5 Å². The number of hydrogen-bond donors (Lipinski definition) is 1. The summed E-state index contributed by atoms with van der Waals surface area (Å²) in [6, 6.07) is 5.20. The number of nitrogens with zero attached hydrogens (tertiary/aromatic N) is 2. The molecule has 0 aromatic carbocycles. The zero-order valence-corrected chi connectivity index (χ0v) is 8.80. The van der Waals surface area contributed by atoms with Crippen molar-refractivity contribution >= 4 is 5.91 Å². The van der Waals surface area contributed by atoms with Crippen LogP contribution in [0.5, 0.6) is 0 Å². The van der Waals surface area contributed by atoms with Gasteiger partial charge in [0.05, 0.1) is 12.1 Å². The van der Waals surface area contributed by atoms with Crippen LogP contribution >= 0.6 is 0 Å². The zero-order chi connectivity index (χ0) is 11.4. The van der Waals surface area contributed by atoms with Crippen LogP contribution in [0.15, 0.2) is 35.1 Å². The average molecular weight is 217 g/mol. The molecule has 5 heteroatoms. The third-order valence-electron chi connectivity index (χ3n) is 2.03. The summed E-state index contributed by atoms with van der Waals surface area (Å²) < 4.78 is 4.89.